The van der Waals surface area contributed by atoms with E-state index in [-0.39, 0.29) is 6.10 Å². The molecule has 0 amide bonds. The number of rotatable bonds is 4. The van der Waals surface area contributed by atoms with Gasteiger partial charge in [0.25, 0.3) is 0 Å². The third-order valence-corrected chi connectivity index (χ3v) is 2.05. The lowest BCUT2D eigenvalue weighted by atomic mass is 10.3. The molecule has 0 fully saturated rings. The van der Waals surface area contributed by atoms with Gasteiger partial charge in [-0.05, 0) is 20.3 Å². The standard InChI is InChI=1S/C10H17N3O/c1-4-9(14)6-12-10-8(3)11-5-7(2)13-10/h5,9,14H,4,6H2,1-3H3,(H,12,13). The van der Waals surface area contributed by atoms with E-state index in [1.807, 2.05) is 20.8 Å². The highest BCUT2D eigenvalue weighted by Crippen LogP contribution is 2.08. The smallest absolute Gasteiger partial charge is 0.147 e. The largest absolute Gasteiger partial charge is 0.391 e. The minimum absolute atomic E-state index is 0.322. The van der Waals surface area contributed by atoms with Gasteiger partial charge in [0.2, 0.25) is 0 Å². The summed E-state index contributed by atoms with van der Waals surface area (Å²) in [5.41, 5.74) is 1.74. The van der Waals surface area contributed by atoms with Gasteiger partial charge in [-0.15, -0.1) is 0 Å². The van der Waals surface area contributed by atoms with Crippen LogP contribution in [-0.4, -0.2) is 27.7 Å². The average molecular weight is 195 g/mol. The zero-order valence-electron chi connectivity index (χ0n) is 8.91. The summed E-state index contributed by atoms with van der Waals surface area (Å²) < 4.78 is 0. The number of hydrogen-bond donors (Lipinski definition) is 2. The fourth-order valence-corrected chi connectivity index (χ4v) is 1.06. The van der Waals surface area contributed by atoms with E-state index in [1.54, 1.807) is 6.20 Å². The molecule has 4 heteroatoms. The van der Waals surface area contributed by atoms with E-state index in [0.717, 1.165) is 23.6 Å². The summed E-state index contributed by atoms with van der Waals surface area (Å²) in [6.45, 7) is 6.26. The van der Waals surface area contributed by atoms with Gasteiger partial charge in [0.1, 0.15) is 5.82 Å². The molecular weight excluding hydrogens is 178 g/mol. The van der Waals surface area contributed by atoms with Gasteiger partial charge in [-0.1, -0.05) is 6.92 Å². The first-order valence-corrected chi connectivity index (χ1v) is 4.85. The minimum atomic E-state index is -0.322. The second kappa shape index (κ2) is 4.91. The van der Waals surface area contributed by atoms with E-state index >= 15 is 0 Å². The predicted octanol–water partition coefficient (Wildman–Crippen LogP) is 1.28. The first-order chi connectivity index (χ1) is 6.63. The van der Waals surface area contributed by atoms with Gasteiger partial charge in [-0.25, -0.2) is 4.98 Å². The van der Waals surface area contributed by atoms with Gasteiger partial charge in [-0.2, -0.15) is 0 Å². The monoisotopic (exact) mass is 195 g/mol. The van der Waals surface area contributed by atoms with Crippen LogP contribution in [0.5, 0.6) is 0 Å². The highest BCUT2D eigenvalue weighted by Gasteiger charge is 2.04. The van der Waals surface area contributed by atoms with Crippen molar-refractivity contribution < 1.29 is 5.11 Å². The maximum Gasteiger partial charge on any atom is 0.147 e. The first kappa shape index (κ1) is 10.9. The van der Waals surface area contributed by atoms with E-state index in [4.69, 9.17) is 0 Å². The Morgan fingerprint density at radius 2 is 2.21 bits per heavy atom. The molecule has 1 aromatic heterocycles. The number of aliphatic hydroxyl groups is 1. The molecule has 0 bridgehead atoms. The second-order valence-electron chi connectivity index (χ2n) is 3.39. The minimum Gasteiger partial charge on any atom is -0.391 e. The van der Waals surface area contributed by atoms with Crippen LogP contribution in [0.4, 0.5) is 5.82 Å². The molecule has 0 aromatic carbocycles. The van der Waals surface area contributed by atoms with Gasteiger partial charge in [-0.3, -0.25) is 4.98 Å². The summed E-state index contributed by atoms with van der Waals surface area (Å²) in [5.74, 6) is 0.762. The van der Waals surface area contributed by atoms with Gasteiger partial charge < -0.3 is 10.4 Å². The van der Waals surface area contributed by atoms with Crippen LogP contribution in [-0.2, 0) is 0 Å². The van der Waals surface area contributed by atoms with Crippen molar-refractivity contribution in [3.05, 3.63) is 17.6 Å². The Labute approximate surface area is 84.4 Å². The molecule has 4 nitrogen and oxygen atoms in total. The Balaban J connectivity index is 2.62. The summed E-state index contributed by atoms with van der Waals surface area (Å²) in [7, 11) is 0. The zero-order chi connectivity index (χ0) is 10.6. The van der Waals surface area contributed by atoms with Crippen molar-refractivity contribution in [2.45, 2.75) is 33.3 Å². The summed E-state index contributed by atoms with van der Waals surface area (Å²) in [5, 5.41) is 12.4. The van der Waals surface area contributed by atoms with Gasteiger partial charge in [0.15, 0.2) is 0 Å². The fourth-order valence-electron chi connectivity index (χ4n) is 1.06. The molecule has 78 valence electrons. The quantitative estimate of drug-likeness (QED) is 0.759. The molecule has 1 rings (SSSR count). The number of nitrogens with zero attached hydrogens (tertiary/aromatic N) is 2. The number of hydrogen-bond acceptors (Lipinski definition) is 4. The van der Waals surface area contributed by atoms with E-state index in [1.165, 1.54) is 0 Å². The molecule has 0 radical (unpaired) electrons. The van der Waals surface area contributed by atoms with Crippen LogP contribution >= 0.6 is 0 Å². The molecule has 1 heterocycles. The SMILES string of the molecule is CCC(O)CNc1nc(C)cnc1C. The van der Waals surface area contributed by atoms with Crippen LogP contribution in [0.15, 0.2) is 6.20 Å². The van der Waals surface area contributed by atoms with Gasteiger partial charge in [0, 0.05) is 12.7 Å². The molecule has 0 aliphatic heterocycles. The molecule has 1 unspecified atom stereocenters. The van der Waals surface area contributed by atoms with Crippen molar-refractivity contribution in [3.8, 4) is 0 Å². The van der Waals surface area contributed by atoms with E-state index in [2.05, 4.69) is 15.3 Å². The lowest BCUT2D eigenvalue weighted by molar-refractivity contribution is 0.183. The van der Waals surface area contributed by atoms with Crippen LogP contribution in [0.1, 0.15) is 24.7 Å². The molecule has 0 saturated carbocycles. The predicted molar refractivity (Wildman–Crippen MR) is 56.3 cm³/mol. The molecular formula is C10H17N3O. The van der Waals surface area contributed by atoms with Crippen LogP contribution in [0.2, 0.25) is 0 Å². The van der Waals surface area contributed by atoms with Crippen molar-refractivity contribution in [1.82, 2.24) is 9.97 Å². The Morgan fingerprint density at radius 3 is 2.86 bits per heavy atom. The third-order valence-electron chi connectivity index (χ3n) is 2.05. The van der Waals surface area contributed by atoms with Crippen LogP contribution in [0.25, 0.3) is 0 Å². The Bertz CT molecular complexity index is 301. The highest BCUT2D eigenvalue weighted by molar-refractivity contribution is 5.39. The van der Waals surface area contributed by atoms with Gasteiger partial charge >= 0.3 is 0 Å². The zero-order valence-corrected chi connectivity index (χ0v) is 8.91. The van der Waals surface area contributed by atoms with Crippen LogP contribution in [0, 0.1) is 13.8 Å². The molecule has 0 aliphatic carbocycles. The molecule has 1 aromatic rings. The number of aliphatic hydroxyl groups excluding tert-OH is 1. The average Bonchev–Trinajstić information content (AvgIpc) is 2.19. The molecule has 1 atom stereocenters. The first-order valence-electron chi connectivity index (χ1n) is 4.85. The molecule has 0 aliphatic rings. The number of aromatic nitrogens is 2. The number of anilines is 1. The Kier molecular flexibility index (Phi) is 3.83. The van der Waals surface area contributed by atoms with Gasteiger partial charge in [0.05, 0.1) is 17.5 Å². The maximum atomic E-state index is 9.37. The summed E-state index contributed by atoms with van der Waals surface area (Å²) in [4.78, 5) is 8.47. The van der Waals surface area contributed by atoms with E-state index in [0.29, 0.717) is 6.54 Å². The molecule has 2 N–H and O–H groups in total. The summed E-state index contributed by atoms with van der Waals surface area (Å²) in [6, 6.07) is 0. The molecule has 0 spiro atoms. The van der Waals surface area contributed by atoms with Crippen LogP contribution < -0.4 is 5.32 Å². The topological polar surface area (TPSA) is 58.0 Å². The lowest BCUT2D eigenvalue weighted by Gasteiger charge is -2.11. The molecule has 0 saturated heterocycles. The van der Waals surface area contributed by atoms with Crippen molar-refractivity contribution >= 4 is 5.82 Å². The fraction of sp³-hybridized carbons (Fsp3) is 0.600. The van der Waals surface area contributed by atoms with Crippen molar-refractivity contribution in [2.75, 3.05) is 11.9 Å². The van der Waals surface area contributed by atoms with Crippen molar-refractivity contribution in [1.29, 1.82) is 0 Å². The van der Waals surface area contributed by atoms with Crippen molar-refractivity contribution in [2.24, 2.45) is 0 Å². The maximum absolute atomic E-state index is 9.37. The van der Waals surface area contributed by atoms with E-state index in [9.17, 15) is 5.11 Å². The normalized spacial score (nSPS) is 12.6. The third kappa shape index (κ3) is 2.96. The number of nitrogens with one attached hydrogen (secondary N) is 1. The van der Waals surface area contributed by atoms with Crippen LogP contribution in [0.3, 0.4) is 0 Å². The van der Waals surface area contributed by atoms with Crippen molar-refractivity contribution in [3.63, 3.8) is 0 Å². The highest BCUT2D eigenvalue weighted by atomic mass is 16.3. The lowest BCUT2D eigenvalue weighted by Crippen LogP contribution is -2.19. The summed E-state index contributed by atoms with van der Waals surface area (Å²) in [6.07, 6.45) is 2.15. The summed E-state index contributed by atoms with van der Waals surface area (Å²) >= 11 is 0. The number of aryl methyl sites for hydroxylation is 2. The Morgan fingerprint density at radius 1 is 1.50 bits per heavy atom. The Hall–Kier alpha value is -1.16. The second-order valence-corrected chi connectivity index (χ2v) is 3.39. The molecule has 14 heavy (non-hydrogen) atoms. The van der Waals surface area contributed by atoms with E-state index < -0.39 is 0 Å².